The van der Waals surface area contributed by atoms with Crippen LogP contribution in [0.25, 0.3) is 0 Å². The Balaban J connectivity index is 1.45. The van der Waals surface area contributed by atoms with E-state index in [4.69, 9.17) is 4.74 Å². The van der Waals surface area contributed by atoms with E-state index >= 15 is 0 Å². The first-order chi connectivity index (χ1) is 14.3. The highest BCUT2D eigenvalue weighted by atomic mass is 32.2. The predicted molar refractivity (Wildman–Crippen MR) is 111 cm³/mol. The zero-order chi connectivity index (χ0) is 21.7. The monoisotopic (exact) mass is 442 g/mol. The maximum atomic E-state index is 13.1. The van der Waals surface area contributed by atoms with Gasteiger partial charge in [0.05, 0.1) is 17.6 Å². The van der Waals surface area contributed by atoms with E-state index in [1.165, 1.54) is 16.4 Å². The van der Waals surface area contributed by atoms with Crippen LogP contribution in [0.15, 0.2) is 29.2 Å². The summed E-state index contributed by atoms with van der Waals surface area (Å²) >= 11 is 0. The van der Waals surface area contributed by atoms with Gasteiger partial charge in [0.1, 0.15) is 5.82 Å². The molecule has 2 aliphatic heterocycles. The van der Waals surface area contributed by atoms with Crippen LogP contribution in [0.5, 0.6) is 0 Å². The lowest BCUT2D eigenvalue weighted by molar-refractivity contribution is -0.0294. The smallest absolute Gasteiger partial charge is 0.317 e. The molecule has 168 valence electrons. The number of carbonyl (C=O) groups is 1. The average Bonchev–Trinajstić information content (AvgIpc) is 2.72. The van der Waals surface area contributed by atoms with Gasteiger partial charge in [0.15, 0.2) is 0 Å². The van der Waals surface area contributed by atoms with Crippen LogP contribution in [0.4, 0.5) is 9.18 Å². The first-order valence-corrected chi connectivity index (χ1v) is 11.8. The summed E-state index contributed by atoms with van der Waals surface area (Å²) in [4.78, 5) is 16.5. The number of halogens is 1. The van der Waals surface area contributed by atoms with Gasteiger partial charge in [0, 0.05) is 52.4 Å². The number of nitrogens with zero attached hydrogens (tertiary/aromatic N) is 3. The molecule has 3 rings (SSSR count). The Morgan fingerprint density at radius 1 is 1.17 bits per heavy atom. The van der Waals surface area contributed by atoms with Gasteiger partial charge in [-0.3, -0.25) is 4.90 Å². The molecule has 0 aliphatic carbocycles. The van der Waals surface area contributed by atoms with Crippen LogP contribution >= 0.6 is 0 Å². The molecule has 2 fully saturated rings. The van der Waals surface area contributed by atoms with Crippen LogP contribution < -0.4 is 5.32 Å². The maximum Gasteiger partial charge on any atom is 0.317 e. The Labute approximate surface area is 178 Å². The van der Waals surface area contributed by atoms with E-state index in [2.05, 4.69) is 24.1 Å². The largest absolute Gasteiger partial charge is 0.374 e. The fraction of sp³-hybridized carbons (Fsp3) is 0.650. The minimum Gasteiger partial charge on any atom is -0.374 e. The number of ether oxygens (including phenoxy) is 1. The number of nitrogens with one attached hydrogen (secondary N) is 1. The van der Waals surface area contributed by atoms with Crippen molar-refractivity contribution in [3.05, 3.63) is 30.1 Å². The molecule has 1 aromatic rings. The van der Waals surface area contributed by atoms with Gasteiger partial charge in [0.2, 0.25) is 10.0 Å². The molecule has 1 N–H and O–H groups in total. The van der Waals surface area contributed by atoms with Crippen LogP contribution in [-0.4, -0.2) is 93.6 Å². The van der Waals surface area contributed by atoms with Crippen LogP contribution in [0.2, 0.25) is 0 Å². The first kappa shape index (κ1) is 22.9. The van der Waals surface area contributed by atoms with Gasteiger partial charge in [-0.1, -0.05) is 13.8 Å². The number of sulfonamides is 1. The van der Waals surface area contributed by atoms with Crippen molar-refractivity contribution in [3.63, 3.8) is 0 Å². The molecule has 2 saturated heterocycles. The van der Waals surface area contributed by atoms with E-state index in [1.807, 2.05) is 0 Å². The van der Waals surface area contributed by atoms with Gasteiger partial charge in [-0.25, -0.2) is 17.6 Å². The Bertz CT molecular complexity index is 811. The standard InChI is InChI=1S/C20H31FN4O4S/c1-16(2)14-23-11-12-29-18(15-23)13-22-20(26)24-7-9-25(10-8-24)30(27,28)19-5-3-17(21)4-6-19/h3-6,16,18H,7-15H2,1-2H3,(H,22,26)/t18-/m1/s1. The summed E-state index contributed by atoms with van der Waals surface area (Å²) in [5.74, 6) is 0.102. The van der Waals surface area contributed by atoms with E-state index < -0.39 is 15.8 Å². The number of benzene rings is 1. The Morgan fingerprint density at radius 3 is 2.47 bits per heavy atom. The molecule has 10 heteroatoms. The lowest BCUT2D eigenvalue weighted by atomic mass is 10.2. The van der Waals surface area contributed by atoms with Gasteiger partial charge in [-0.15, -0.1) is 0 Å². The third-order valence-electron chi connectivity index (χ3n) is 5.30. The summed E-state index contributed by atoms with van der Waals surface area (Å²) in [6.07, 6.45) is -0.0402. The van der Waals surface area contributed by atoms with E-state index in [0.29, 0.717) is 32.2 Å². The van der Waals surface area contributed by atoms with Crippen molar-refractivity contribution in [2.75, 3.05) is 59.0 Å². The molecule has 0 spiro atoms. The molecule has 0 bridgehead atoms. The number of urea groups is 1. The average molecular weight is 443 g/mol. The highest BCUT2D eigenvalue weighted by Crippen LogP contribution is 2.18. The molecule has 2 heterocycles. The number of rotatable bonds is 6. The van der Waals surface area contributed by atoms with Gasteiger partial charge in [-0.05, 0) is 30.2 Å². The van der Waals surface area contributed by atoms with E-state index in [-0.39, 0.29) is 30.1 Å². The summed E-state index contributed by atoms with van der Waals surface area (Å²) in [6.45, 7) is 9.19. The quantitative estimate of drug-likeness (QED) is 0.716. The summed E-state index contributed by atoms with van der Waals surface area (Å²) in [7, 11) is -3.69. The molecule has 0 unspecified atom stereocenters. The Hall–Kier alpha value is -1.75. The lowest BCUT2D eigenvalue weighted by Gasteiger charge is -2.36. The summed E-state index contributed by atoms with van der Waals surface area (Å²) in [5.41, 5.74) is 0. The number of morpholine rings is 1. The second kappa shape index (κ2) is 10.0. The van der Waals surface area contributed by atoms with Crippen molar-refractivity contribution < 1.29 is 22.3 Å². The fourth-order valence-electron chi connectivity index (χ4n) is 3.79. The van der Waals surface area contributed by atoms with E-state index in [9.17, 15) is 17.6 Å². The molecule has 0 radical (unpaired) electrons. The van der Waals surface area contributed by atoms with Gasteiger partial charge in [-0.2, -0.15) is 4.31 Å². The molecule has 2 aliphatic rings. The molecular weight excluding hydrogens is 411 g/mol. The third kappa shape index (κ3) is 5.90. The molecular formula is C20H31FN4O4S. The molecule has 0 aromatic heterocycles. The fourth-order valence-corrected chi connectivity index (χ4v) is 5.21. The molecule has 0 saturated carbocycles. The minimum atomic E-state index is -3.69. The Morgan fingerprint density at radius 2 is 1.83 bits per heavy atom. The summed E-state index contributed by atoms with van der Waals surface area (Å²) < 4.78 is 45.5. The van der Waals surface area contributed by atoms with Crippen molar-refractivity contribution in [3.8, 4) is 0 Å². The zero-order valence-electron chi connectivity index (χ0n) is 17.6. The van der Waals surface area contributed by atoms with Gasteiger partial charge in [0.25, 0.3) is 0 Å². The lowest BCUT2D eigenvalue weighted by Crippen LogP contribution is -2.55. The minimum absolute atomic E-state index is 0.0402. The van der Waals surface area contributed by atoms with Crippen LogP contribution in [-0.2, 0) is 14.8 Å². The number of hydrogen-bond acceptors (Lipinski definition) is 5. The van der Waals surface area contributed by atoms with E-state index in [0.717, 1.165) is 31.8 Å². The highest BCUT2D eigenvalue weighted by Gasteiger charge is 2.30. The third-order valence-corrected chi connectivity index (χ3v) is 7.22. The van der Waals surface area contributed by atoms with Crippen molar-refractivity contribution >= 4 is 16.1 Å². The molecule has 1 aromatic carbocycles. The normalized spacial score (nSPS) is 21.7. The van der Waals surface area contributed by atoms with E-state index in [1.54, 1.807) is 4.90 Å². The zero-order valence-corrected chi connectivity index (χ0v) is 18.4. The first-order valence-electron chi connectivity index (χ1n) is 10.4. The summed E-state index contributed by atoms with van der Waals surface area (Å²) in [6, 6.07) is 4.57. The second-order valence-corrected chi connectivity index (χ2v) is 10.1. The SMILES string of the molecule is CC(C)CN1CCO[C@H](CNC(=O)N2CCN(S(=O)(=O)c3ccc(F)cc3)CC2)C1. The topological polar surface area (TPSA) is 82.2 Å². The highest BCUT2D eigenvalue weighted by molar-refractivity contribution is 7.89. The van der Waals surface area contributed by atoms with Crippen LogP contribution in [0.3, 0.4) is 0 Å². The van der Waals surface area contributed by atoms with Crippen molar-refractivity contribution in [2.45, 2.75) is 24.8 Å². The van der Waals surface area contributed by atoms with Gasteiger partial charge < -0.3 is 15.0 Å². The van der Waals surface area contributed by atoms with Crippen molar-refractivity contribution in [1.29, 1.82) is 0 Å². The molecule has 8 nitrogen and oxygen atoms in total. The predicted octanol–water partition coefficient (Wildman–Crippen LogP) is 1.20. The second-order valence-electron chi connectivity index (χ2n) is 8.18. The number of hydrogen-bond donors (Lipinski definition) is 1. The Kier molecular flexibility index (Phi) is 7.67. The number of carbonyl (C=O) groups excluding carboxylic acids is 1. The van der Waals surface area contributed by atoms with Gasteiger partial charge >= 0.3 is 6.03 Å². The van der Waals surface area contributed by atoms with Crippen LogP contribution in [0, 0.1) is 11.7 Å². The number of piperazine rings is 1. The summed E-state index contributed by atoms with van der Waals surface area (Å²) in [5, 5.41) is 2.91. The molecule has 2 amide bonds. The van der Waals surface area contributed by atoms with Crippen molar-refractivity contribution in [2.24, 2.45) is 5.92 Å². The van der Waals surface area contributed by atoms with Crippen LogP contribution in [0.1, 0.15) is 13.8 Å². The molecule has 30 heavy (non-hydrogen) atoms. The number of amides is 2. The molecule has 1 atom stereocenters. The van der Waals surface area contributed by atoms with Crippen molar-refractivity contribution in [1.82, 2.24) is 19.4 Å². The maximum absolute atomic E-state index is 13.1.